The standard InChI is InChI=1S/C26H51N7O2/c1-2-21-30-23(26(28)35)18-16-17-22-31-25(34)20-15-13-11-9-7-5-3-4-6-8-10-12-14-19-24(27)32-33-29/h2-22H2,1H3,(H2,28,35)(H,31,34)(H3,27,29,32). The molecule has 0 aromatic heterocycles. The van der Waals surface area contributed by atoms with Gasteiger partial charge in [0, 0.05) is 25.9 Å². The molecule has 0 aliphatic heterocycles. The van der Waals surface area contributed by atoms with Crippen LogP contribution in [0.3, 0.4) is 0 Å². The van der Waals surface area contributed by atoms with Crippen LogP contribution in [0.15, 0.2) is 15.3 Å². The highest BCUT2D eigenvalue weighted by molar-refractivity contribution is 6.38. The summed E-state index contributed by atoms with van der Waals surface area (Å²) in [7, 11) is 0. The molecule has 9 nitrogen and oxygen atoms in total. The minimum absolute atomic E-state index is 0.124. The lowest BCUT2D eigenvalue weighted by molar-refractivity contribution is -0.121. The number of amidine groups is 1. The molecule has 9 heteroatoms. The van der Waals surface area contributed by atoms with Gasteiger partial charge in [-0.25, -0.2) is 0 Å². The van der Waals surface area contributed by atoms with Gasteiger partial charge in [-0.05, 0) is 38.5 Å². The Morgan fingerprint density at radius 2 is 1.23 bits per heavy atom. The maximum atomic E-state index is 11.9. The fourth-order valence-electron chi connectivity index (χ4n) is 3.90. The van der Waals surface area contributed by atoms with Crippen molar-refractivity contribution in [1.82, 2.24) is 5.32 Å². The van der Waals surface area contributed by atoms with Gasteiger partial charge in [-0.2, -0.15) is 0 Å². The van der Waals surface area contributed by atoms with E-state index in [0.29, 0.717) is 38.1 Å². The van der Waals surface area contributed by atoms with E-state index >= 15 is 0 Å². The molecule has 0 radical (unpaired) electrons. The van der Waals surface area contributed by atoms with Crippen molar-refractivity contribution in [3.05, 3.63) is 0 Å². The molecule has 0 fully saturated rings. The van der Waals surface area contributed by atoms with Crippen LogP contribution in [-0.4, -0.2) is 36.5 Å². The number of carbonyl (C=O) groups excluding carboxylic acids is 2. The zero-order valence-electron chi connectivity index (χ0n) is 22.2. The van der Waals surface area contributed by atoms with E-state index in [1.807, 2.05) is 6.92 Å². The largest absolute Gasteiger partial charge is 0.365 e. The highest BCUT2D eigenvalue weighted by Gasteiger charge is 2.06. The van der Waals surface area contributed by atoms with E-state index in [4.69, 9.17) is 17.0 Å². The molecule has 0 saturated heterocycles. The van der Waals surface area contributed by atoms with E-state index in [1.165, 1.54) is 57.8 Å². The maximum Gasteiger partial charge on any atom is 0.262 e. The molecular weight excluding hydrogens is 442 g/mol. The Morgan fingerprint density at radius 1 is 0.743 bits per heavy atom. The lowest BCUT2D eigenvalue weighted by atomic mass is 10.0. The molecule has 0 unspecified atom stereocenters. The van der Waals surface area contributed by atoms with Gasteiger partial charge in [-0.1, -0.05) is 82.8 Å². The Kier molecular flexibility index (Phi) is 23.2. The van der Waals surface area contributed by atoms with Crippen LogP contribution in [0.1, 0.15) is 129 Å². The first-order valence-electron chi connectivity index (χ1n) is 13.8. The predicted octanol–water partition coefficient (Wildman–Crippen LogP) is 5.76. The molecule has 202 valence electrons. The number of primary amides is 1. The quantitative estimate of drug-likeness (QED) is 0.0336. The summed E-state index contributed by atoms with van der Waals surface area (Å²) < 4.78 is 0. The van der Waals surface area contributed by atoms with Crippen molar-refractivity contribution < 1.29 is 9.59 Å². The number of aliphatic imine (C=N–C) groups is 1. The van der Waals surface area contributed by atoms with Crippen LogP contribution in [0.2, 0.25) is 0 Å². The van der Waals surface area contributed by atoms with Gasteiger partial charge in [0.05, 0.1) is 5.71 Å². The first-order valence-corrected chi connectivity index (χ1v) is 13.8. The molecule has 2 amide bonds. The normalized spacial score (nSPS) is 11.7. The number of hydrogen-bond acceptors (Lipinski definition) is 5. The number of nitrogens with zero attached hydrogens (tertiary/aromatic N) is 3. The van der Waals surface area contributed by atoms with E-state index in [2.05, 4.69) is 20.6 Å². The van der Waals surface area contributed by atoms with E-state index in [0.717, 1.165) is 44.9 Å². The van der Waals surface area contributed by atoms with E-state index in [1.54, 1.807) is 0 Å². The van der Waals surface area contributed by atoms with Gasteiger partial charge in [-0.3, -0.25) is 20.0 Å². The average molecular weight is 494 g/mol. The Bertz CT molecular complexity index is 621. The first-order chi connectivity index (χ1) is 17.0. The smallest absolute Gasteiger partial charge is 0.262 e. The van der Waals surface area contributed by atoms with Crippen LogP contribution in [0, 0.1) is 5.41 Å². The van der Waals surface area contributed by atoms with Gasteiger partial charge < -0.3 is 16.9 Å². The number of amides is 2. The highest BCUT2D eigenvalue weighted by Crippen LogP contribution is 2.13. The zero-order chi connectivity index (χ0) is 26.0. The number of rotatable bonds is 24. The second kappa shape index (κ2) is 24.8. The fourth-order valence-corrected chi connectivity index (χ4v) is 3.90. The Morgan fingerprint density at radius 3 is 1.71 bits per heavy atom. The molecule has 0 aromatic rings. The Labute approximate surface area is 212 Å². The van der Waals surface area contributed by atoms with Crippen LogP contribution < -0.4 is 16.9 Å². The number of nitrogens with one attached hydrogen (secondary N) is 2. The zero-order valence-corrected chi connectivity index (χ0v) is 22.2. The topological polar surface area (TPSA) is 159 Å². The Balaban J connectivity index is 3.39. The second-order valence-electron chi connectivity index (χ2n) is 9.26. The van der Waals surface area contributed by atoms with Crippen molar-refractivity contribution in [2.75, 3.05) is 13.1 Å². The Hall–Kier alpha value is -2.32. The van der Waals surface area contributed by atoms with Crippen LogP contribution in [0.25, 0.3) is 0 Å². The number of nitrogens with two attached hydrogens (primary N) is 2. The van der Waals surface area contributed by atoms with Crippen LogP contribution in [0.4, 0.5) is 0 Å². The first kappa shape index (κ1) is 32.7. The lowest BCUT2D eigenvalue weighted by Gasteiger charge is -2.06. The molecule has 0 bridgehead atoms. The third-order valence-corrected chi connectivity index (χ3v) is 5.97. The fraction of sp³-hybridized carbons (Fsp3) is 0.846. The van der Waals surface area contributed by atoms with Crippen molar-refractivity contribution >= 4 is 23.4 Å². The van der Waals surface area contributed by atoms with Crippen molar-refractivity contribution in [2.24, 2.45) is 26.9 Å². The van der Waals surface area contributed by atoms with Gasteiger partial charge in [-0.15, -0.1) is 5.11 Å². The predicted molar refractivity (Wildman–Crippen MR) is 145 cm³/mol. The molecule has 0 aliphatic carbocycles. The summed E-state index contributed by atoms with van der Waals surface area (Å²) in [6, 6.07) is 0. The monoisotopic (exact) mass is 493 g/mol. The SMILES string of the molecule is CCCN=C(CCCCNC(=O)CCCCCCCCCCCCCCCC(=N)N=NN)C(N)=O. The van der Waals surface area contributed by atoms with Crippen LogP contribution in [-0.2, 0) is 9.59 Å². The molecule has 0 atom stereocenters. The summed E-state index contributed by atoms with van der Waals surface area (Å²) >= 11 is 0. The molecule has 0 rings (SSSR count). The third kappa shape index (κ3) is 23.2. The van der Waals surface area contributed by atoms with Crippen molar-refractivity contribution in [3.63, 3.8) is 0 Å². The van der Waals surface area contributed by atoms with Crippen LogP contribution >= 0.6 is 0 Å². The van der Waals surface area contributed by atoms with Gasteiger partial charge in [0.25, 0.3) is 5.91 Å². The van der Waals surface area contributed by atoms with E-state index in [-0.39, 0.29) is 11.7 Å². The van der Waals surface area contributed by atoms with E-state index in [9.17, 15) is 9.59 Å². The molecule has 35 heavy (non-hydrogen) atoms. The minimum Gasteiger partial charge on any atom is -0.365 e. The summed E-state index contributed by atoms with van der Waals surface area (Å²) in [5.41, 5.74) is 5.82. The molecule has 0 heterocycles. The number of carbonyl (C=O) groups is 2. The number of unbranched alkanes of at least 4 members (excludes halogenated alkanes) is 13. The summed E-state index contributed by atoms with van der Waals surface area (Å²) in [6.07, 6.45) is 20.1. The minimum atomic E-state index is -0.433. The van der Waals surface area contributed by atoms with Crippen molar-refractivity contribution in [1.29, 1.82) is 5.41 Å². The second-order valence-corrected chi connectivity index (χ2v) is 9.26. The summed E-state index contributed by atoms with van der Waals surface area (Å²) in [5.74, 6) is 4.89. The molecule has 0 aliphatic rings. The van der Waals surface area contributed by atoms with Gasteiger partial charge in [0.2, 0.25) is 5.91 Å². The molecular formula is C26H51N7O2. The van der Waals surface area contributed by atoms with Gasteiger partial charge in [0.1, 0.15) is 5.84 Å². The summed E-state index contributed by atoms with van der Waals surface area (Å²) in [6.45, 7) is 3.29. The van der Waals surface area contributed by atoms with Gasteiger partial charge in [0.15, 0.2) is 0 Å². The molecule has 0 saturated carbocycles. The van der Waals surface area contributed by atoms with Crippen LogP contribution in [0.5, 0.6) is 0 Å². The highest BCUT2D eigenvalue weighted by atomic mass is 16.2. The lowest BCUT2D eigenvalue weighted by Crippen LogP contribution is -2.25. The molecule has 0 spiro atoms. The van der Waals surface area contributed by atoms with Crippen molar-refractivity contribution in [3.8, 4) is 0 Å². The summed E-state index contributed by atoms with van der Waals surface area (Å²) in [5, 5.41) is 17.1. The van der Waals surface area contributed by atoms with Crippen molar-refractivity contribution in [2.45, 2.75) is 129 Å². The molecule has 0 aromatic carbocycles. The van der Waals surface area contributed by atoms with Gasteiger partial charge >= 0.3 is 0 Å². The van der Waals surface area contributed by atoms with E-state index < -0.39 is 5.91 Å². The average Bonchev–Trinajstić information content (AvgIpc) is 2.83. The molecule has 6 N–H and O–H groups in total. The maximum absolute atomic E-state index is 11.9. The summed E-state index contributed by atoms with van der Waals surface area (Å²) in [4.78, 5) is 27.5. The third-order valence-electron chi connectivity index (χ3n) is 5.97. The number of hydrogen-bond donors (Lipinski definition) is 4.